The summed E-state index contributed by atoms with van der Waals surface area (Å²) in [6, 6.07) is 18.5. The van der Waals surface area contributed by atoms with Crippen LogP contribution in [0.3, 0.4) is 0 Å². The highest BCUT2D eigenvalue weighted by Gasteiger charge is 2.24. The third kappa shape index (κ3) is 3.25. The number of hydrogen-bond acceptors (Lipinski definition) is 3. The topological polar surface area (TPSA) is 36.7 Å². The highest BCUT2D eigenvalue weighted by atomic mass is 16.3. The molecular weight excluding hydrogens is 324 g/mol. The second-order valence-corrected chi connectivity index (χ2v) is 7.11. The van der Waals surface area contributed by atoms with Crippen molar-refractivity contribution in [3.05, 3.63) is 71.5 Å². The van der Waals surface area contributed by atoms with Crippen molar-refractivity contribution in [1.82, 2.24) is 9.80 Å². The molecule has 2 heterocycles. The number of carbonyl (C=O) groups excluding carboxylic acids is 1. The number of fused-ring (bicyclic) bond motifs is 2. The Morgan fingerprint density at radius 2 is 1.88 bits per heavy atom. The largest absolute Gasteiger partial charge is 0.459 e. The van der Waals surface area contributed by atoms with E-state index < -0.39 is 0 Å². The maximum atomic E-state index is 12.8. The second-order valence-electron chi connectivity index (χ2n) is 7.11. The molecule has 0 bridgehead atoms. The first-order valence-electron chi connectivity index (χ1n) is 9.15. The lowest BCUT2D eigenvalue weighted by Crippen LogP contribution is -2.42. The minimum atomic E-state index is 0.0448. The summed E-state index contributed by atoms with van der Waals surface area (Å²) >= 11 is 0. The summed E-state index contributed by atoms with van der Waals surface area (Å²) in [6.07, 6.45) is 0.935. The molecule has 2 aromatic carbocycles. The Morgan fingerprint density at radius 1 is 1.15 bits per heavy atom. The van der Waals surface area contributed by atoms with Crippen LogP contribution in [0.2, 0.25) is 0 Å². The van der Waals surface area contributed by atoms with Crippen molar-refractivity contribution in [3.8, 4) is 0 Å². The number of furan rings is 1. The highest BCUT2D eigenvalue weighted by molar-refractivity contribution is 5.79. The van der Waals surface area contributed by atoms with E-state index in [0.717, 1.165) is 29.7 Å². The number of hydrogen-bond donors (Lipinski definition) is 0. The van der Waals surface area contributed by atoms with E-state index in [1.165, 1.54) is 11.1 Å². The zero-order valence-electron chi connectivity index (χ0n) is 15.3. The molecule has 0 spiro atoms. The molecule has 0 radical (unpaired) electrons. The molecule has 0 unspecified atom stereocenters. The van der Waals surface area contributed by atoms with Crippen molar-refractivity contribution >= 4 is 16.9 Å². The molecule has 4 heteroatoms. The number of para-hydroxylation sites is 1. The van der Waals surface area contributed by atoms with Gasteiger partial charge in [-0.2, -0.15) is 0 Å². The van der Waals surface area contributed by atoms with E-state index in [-0.39, 0.29) is 11.9 Å². The summed E-state index contributed by atoms with van der Waals surface area (Å²) in [5.41, 5.74) is 3.52. The molecule has 1 aromatic heterocycles. The molecule has 1 amide bonds. The average molecular weight is 348 g/mol. The SMILES string of the molecule is C[C@H](c1cc2ccccc2o1)N(C)CC(=O)N1CCc2ccccc2C1. The summed E-state index contributed by atoms with van der Waals surface area (Å²) < 4.78 is 5.96. The van der Waals surface area contributed by atoms with Gasteiger partial charge in [-0.15, -0.1) is 0 Å². The lowest BCUT2D eigenvalue weighted by Gasteiger charge is -2.31. The maximum Gasteiger partial charge on any atom is 0.237 e. The first-order valence-corrected chi connectivity index (χ1v) is 9.15. The van der Waals surface area contributed by atoms with E-state index in [1.807, 2.05) is 42.3 Å². The number of nitrogens with zero attached hydrogens (tertiary/aromatic N) is 2. The zero-order chi connectivity index (χ0) is 18.1. The molecule has 0 saturated heterocycles. The first-order chi connectivity index (χ1) is 12.6. The van der Waals surface area contributed by atoms with Crippen molar-refractivity contribution in [2.75, 3.05) is 20.1 Å². The molecule has 0 aliphatic carbocycles. The summed E-state index contributed by atoms with van der Waals surface area (Å²) in [6.45, 7) is 3.97. The Morgan fingerprint density at radius 3 is 2.69 bits per heavy atom. The van der Waals surface area contributed by atoms with Gasteiger partial charge < -0.3 is 9.32 Å². The van der Waals surface area contributed by atoms with Crippen molar-refractivity contribution in [2.24, 2.45) is 0 Å². The third-order valence-electron chi connectivity index (χ3n) is 5.39. The molecule has 1 aliphatic heterocycles. The average Bonchev–Trinajstić information content (AvgIpc) is 3.11. The van der Waals surface area contributed by atoms with Crippen LogP contribution in [-0.2, 0) is 17.8 Å². The Kier molecular flexibility index (Phi) is 4.51. The van der Waals surface area contributed by atoms with E-state index in [1.54, 1.807) is 0 Å². The number of carbonyl (C=O) groups is 1. The summed E-state index contributed by atoms with van der Waals surface area (Å²) in [4.78, 5) is 16.8. The van der Waals surface area contributed by atoms with Crippen LogP contribution in [0.1, 0.15) is 29.9 Å². The van der Waals surface area contributed by atoms with Crippen LogP contribution in [0.5, 0.6) is 0 Å². The molecule has 0 N–H and O–H groups in total. The van der Waals surface area contributed by atoms with Gasteiger partial charge in [0.1, 0.15) is 11.3 Å². The minimum absolute atomic E-state index is 0.0448. The van der Waals surface area contributed by atoms with E-state index >= 15 is 0 Å². The van der Waals surface area contributed by atoms with Crippen LogP contribution in [-0.4, -0.2) is 35.8 Å². The van der Waals surface area contributed by atoms with Gasteiger partial charge in [0.05, 0.1) is 12.6 Å². The minimum Gasteiger partial charge on any atom is -0.459 e. The predicted octanol–water partition coefficient (Wildman–Crippen LogP) is 4.01. The van der Waals surface area contributed by atoms with Gasteiger partial charge in [0.25, 0.3) is 0 Å². The Labute approximate surface area is 154 Å². The Hall–Kier alpha value is -2.59. The van der Waals surface area contributed by atoms with Gasteiger partial charge in [-0.3, -0.25) is 9.69 Å². The maximum absolute atomic E-state index is 12.8. The van der Waals surface area contributed by atoms with Crippen molar-refractivity contribution in [1.29, 1.82) is 0 Å². The molecule has 0 fully saturated rings. The zero-order valence-corrected chi connectivity index (χ0v) is 15.3. The molecular formula is C22H24N2O2. The number of rotatable bonds is 4. The smallest absolute Gasteiger partial charge is 0.237 e. The van der Waals surface area contributed by atoms with E-state index in [0.29, 0.717) is 13.1 Å². The van der Waals surface area contributed by atoms with E-state index in [9.17, 15) is 4.79 Å². The molecule has 3 aromatic rings. The van der Waals surface area contributed by atoms with Crippen molar-refractivity contribution in [2.45, 2.75) is 25.9 Å². The molecule has 4 nitrogen and oxygen atoms in total. The summed E-state index contributed by atoms with van der Waals surface area (Å²) in [7, 11) is 1.98. The van der Waals surface area contributed by atoms with Gasteiger partial charge in [0, 0.05) is 18.5 Å². The fraction of sp³-hybridized carbons (Fsp3) is 0.318. The quantitative estimate of drug-likeness (QED) is 0.715. The van der Waals surface area contributed by atoms with Gasteiger partial charge >= 0.3 is 0 Å². The van der Waals surface area contributed by atoms with Gasteiger partial charge in [-0.1, -0.05) is 42.5 Å². The highest BCUT2D eigenvalue weighted by Crippen LogP contribution is 2.27. The van der Waals surface area contributed by atoms with Gasteiger partial charge in [-0.25, -0.2) is 0 Å². The van der Waals surface area contributed by atoms with Crippen molar-refractivity contribution in [3.63, 3.8) is 0 Å². The molecule has 26 heavy (non-hydrogen) atoms. The second kappa shape index (κ2) is 6.96. The Balaban J connectivity index is 1.42. The number of likely N-dealkylation sites (N-methyl/N-ethyl adjacent to an activating group) is 1. The monoisotopic (exact) mass is 348 g/mol. The lowest BCUT2D eigenvalue weighted by atomic mass is 10.00. The van der Waals surface area contributed by atoms with E-state index in [4.69, 9.17) is 4.42 Å². The molecule has 1 atom stereocenters. The van der Waals surface area contributed by atoms with Crippen LogP contribution in [0.4, 0.5) is 0 Å². The van der Waals surface area contributed by atoms with Gasteiger partial charge in [0.2, 0.25) is 5.91 Å². The normalized spacial score (nSPS) is 15.3. The van der Waals surface area contributed by atoms with Gasteiger partial charge in [-0.05, 0) is 43.7 Å². The molecule has 0 saturated carbocycles. The fourth-order valence-electron chi connectivity index (χ4n) is 3.58. The summed E-state index contributed by atoms with van der Waals surface area (Å²) in [5.74, 6) is 1.07. The molecule has 134 valence electrons. The lowest BCUT2D eigenvalue weighted by molar-refractivity contribution is -0.133. The molecule has 4 rings (SSSR count). The van der Waals surface area contributed by atoms with Crippen LogP contribution in [0.25, 0.3) is 11.0 Å². The third-order valence-corrected chi connectivity index (χ3v) is 5.39. The first kappa shape index (κ1) is 16.9. The van der Waals surface area contributed by atoms with Crippen LogP contribution < -0.4 is 0 Å². The summed E-state index contributed by atoms with van der Waals surface area (Å²) in [5, 5.41) is 1.10. The van der Waals surface area contributed by atoms with E-state index in [2.05, 4.69) is 36.1 Å². The standard InChI is InChI=1S/C22H24N2O2/c1-16(21-13-18-8-5-6-10-20(18)26-21)23(2)15-22(25)24-12-11-17-7-3-4-9-19(17)14-24/h3-10,13,16H,11-12,14-15H2,1-2H3/t16-/m1/s1. The fourth-order valence-corrected chi connectivity index (χ4v) is 3.58. The number of amides is 1. The van der Waals surface area contributed by atoms with Crippen LogP contribution in [0.15, 0.2) is 59.0 Å². The van der Waals surface area contributed by atoms with Crippen LogP contribution >= 0.6 is 0 Å². The molecule has 1 aliphatic rings. The predicted molar refractivity (Wildman–Crippen MR) is 103 cm³/mol. The Bertz CT molecular complexity index is 898. The number of benzene rings is 2. The van der Waals surface area contributed by atoms with Crippen molar-refractivity contribution < 1.29 is 9.21 Å². The van der Waals surface area contributed by atoms with Crippen LogP contribution in [0, 0.1) is 0 Å². The van der Waals surface area contributed by atoms with Gasteiger partial charge in [0.15, 0.2) is 0 Å².